The SMILES string of the molecule is CC(=O)Nc1ccc(CC(C)(C/C=C/C=C2/N(CCC(=O)O)C3C=C(Cl)C=CC3C2(C)C)c2c([NH2+]CCC(=O)O)ccc3ccccc23)cc1. The first-order chi connectivity index (χ1) is 23.8. The number of aliphatic carboxylic acids is 2. The number of hydrogen-bond donors (Lipinski definition) is 4. The zero-order valence-electron chi connectivity index (χ0n) is 29.2. The Labute approximate surface area is 299 Å². The Hall–Kier alpha value is -4.66. The maximum Gasteiger partial charge on any atom is 0.309 e. The van der Waals surface area contributed by atoms with Crippen molar-refractivity contribution in [2.24, 2.45) is 11.3 Å². The molecule has 5 rings (SSSR count). The molecule has 3 unspecified atom stereocenters. The second-order valence-corrected chi connectivity index (χ2v) is 14.6. The third-order valence-electron chi connectivity index (χ3n) is 10.0. The molecule has 8 nitrogen and oxygen atoms in total. The fourth-order valence-corrected chi connectivity index (χ4v) is 7.88. The average molecular weight is 697 g/mol. The van der Waals surface area contributed by atoms with E-state index in [1.165, 1.54) is 6.92 Å². The normalized spacial score (nSPS) is 20.1. The molecule has 1 fully saturated rings. The van der Waals surface area contributed by atoms with E-state index in [4.69, 9.17) is 11.6 Å². The molecule has 2 aliphatic rings. The summed E-state index contributed by atoms with van der Waals surface area (Å²) >= 11 is 6.43. The predicted octanol–water partition coefficient (Wildman–Crippen LogP) is 7.29. The summed E-state index contributed by atoms with van der Waals surface area (Å²) in [6.45, 7) is 8.95. The number of amides is 1. The molecular weight excluding hydrogens is 650 g/mol. The Morgan fingerprint density at radius 3 is 2.44 bits per heavy atom. The van der Waals surface area contributed by atoms with Crippen LogP contribution in [0.1, 0.15) is 58.1 Å². The predicted molar refractivity (Wildman–Crippen MR) is 199 cm³/mol. The Bertz CT molecular complexity index is 1880. The number of quaternary nitrogens is 1. The van der Waals surface area contributed by atoms with Crippen LogP contribution in [0.3, 0.4) is 0 Å². The number of carboxylic acids is 2. The van der Waals surface area contributed by atoms with E-state index in [9.17, 15) is 24.6 Å². The molecule has 50 heavy (non-hydrogen) atoms. The first kappa shape index (κ1) is 36.6. The molecular formula is C41H47ClN3O5+. The number of hydrogen-bond acceptors (Lipinski definition) is 4. The molecule has 1 heterocycles. The van der Waals surface area contributed by atoms with Crippen LogP contribution in [0.15, 0.2) is 108 Å². The molecule has 5 N–H and O–H groups in total. The molecule has 1 amide bonds. The molecule has 0 bridgehead atoms. The van der Waals surface area contributed by atoms with Crippen LogP contribution in [0.25, 0.3) is 10.8 Å². The van der Waals surface area contributed by atoms with Crippen molar-refractivity contribution >= 4 is 51.6 Å². The van der Waals surface area contributed by atoms with Gasteiger partial charge in [-0.3, -0.25) is 14.4 Å². The van der Waals surface area contributed by atoms with Crippen LogP contribution in [0.5, 0.6) is 0 Å². The van der Waals surface area contributed by atoms with Gasteiger partial charge in [0.25, 0.3) is 0 Å². The molecule has 9 heteroatoms. The molecule has 1 aliphatic heterocycles. The largest absolute Gasteiger partial charge is 0.481 e. The van der Waals surface area contributed by atoms with Crippen molar-refractivity contribution in [2.45, 2.75) is 64.8 Å². The maximum absolute atomic E-state index is 11.7. The molecule has 0 aromatic heterocycles. The van der Waals surface area contributed by atoms with Crippen LogP contribution in [0, 0.1) is 11.3 Å². The summed E-state index contributed by atoms with van der Waals surface area (Å²) in [6, 6.07) is 20.4. The van der Waals surface area contributed by atoms with Gasteiger partial charge in [0.2, 0.25) is 5.91 Å². The summed E-state index contributed by atoms with van der Waals surface area (Å²) in [4.78, 5) is 36.9. The van der Waals surface area contributed by atoms with Crippen molar-refractivity contribution in [1.82, 2.24) is 4.90 Å². The lowest BCUT2D eigenvalue weighted by atomic mass is 9.72. The van der Waals surface area contributed by atoms with Crippen LogP contribution in [0.2, 0.25) is 0 Å². The number of anilines is 1. The zero-order valence-corrected chi connectivity index (χ0v) is 29.9. The van der Waals surface area contributed by atoms with Gasteiger partial charge in [-0.25, -0.2) is 0 Å². The monoisotopic (exact) mass is 696 g/mol. The van der Waals surface area contributed by atoms with E-state index in [-0.39, 0.29) is 36.1 Å². The first-order valence-electron chi connectivity index (χ1n) is 17.1. The summed E-state index contributed by atoms with van der Waals surface area (Å²) in [5.41, 5.74) is 4.42. The van der Waals surface area contributed by atoms with Gasteiger partial charge >= 0.3 is 11.9 Å². The Balaban J connectivity index is 1.55. The van der Waals surface area contributed by atoms with Gasteiger partial charge in [-0.05, 0) is 71.7 Å². The van der Waals surface area contributed by atoms with Crippen LogP contribution in [-0.4, -0.2) is 52.1 Å². The molecule has 1 aliphatic carbocycles. The molecule has 262 valence electrons. The van der Waals surface area contributed by atoms with Gasteiger partial charge in [-0.2, -0.15) is 0 Å². The lowest BCUT2D eigenvalue weighted by Crippen LogP contribution is -2.79. The third kappa shape index (κ3) is 8.37. The first-order valence-corrected chi connectivity index (χ1v) is 17.5. The average Bonchev–Trinajstić information content (AvgIpc) is 3.26. The van der Waals surface area contributed by atoms with Crippen molar-refractivity contribution in [2.75, 3.05) is 18.4 Å². The maximum atomic E-state index is 11.7. The number of allylic oxidation sites excluding steroid dienone is 6. The van der Waals surface area contributed by atoms with Gasteiger partial charge in [0.15, 0.2) is 0 Å². The molecule has 3 aromatic rings. The lowest BCUT2D eigenvalue weighted by Gasteiger charge is -2.32. The highest BCUT2D eigenvalue weighted by molar-refractivity contribution is 6.31. The number of likely N-dealkylation sites (tertiary alicyclic amines) is 1. The van der Waals surface area contributed by atoms with Gasteiger partial charge in [-0.15, -0.1) is 0 Å². The van der Waals surface area contributed by atoms with E-state index in [0.29, 0.717) is 31.0 Å². The van der Waals surface area contributed by atoms with Crippen molar-refractivity contribution in [3.8, 4) is 0 Å². The number of carbonyl (C=O) groups is 3. The molecule has 1 saturated heterocycles. The third-order valence-corrected chi connectivity index (χ3v) is 10.3. The minimum Gasteiger partial charge on any atom is -0.481 e. The van der Waals surface area contributed by atoms with Crippen LogP contribution < -0.4 is 10.6 Å². The minimum atomic E-state index is -0.838. The smallest absolute Gasteiger partial charge is 0.309 e. The van der Waals surface area contributed by atoms with E-state index < -0.39 is 17.4 Å². The van der Waals surface area contributed by atoms with Crippen LogP contribution in [0.4, 0.5) is 11.4 Å². The zero-order chi connectivity index (χ0) is 36.1. The summed E-state index contributed by atoms with van der Waals surface area (Å²) < 4.78 is 0. The number of carbonyl (C=O) groups excluding carboxylic acids is 1. The Kier molecular flexibility index (Phi) is 11.3. The Morgan fingerprint density at radius 2 is 1.74 bits per heavy atom. The minimum absolute atomic E-state index is 0.0215. The number of rotatable bonds is 14. The van der Waals surface area contributed by atoms with Gasteiger partial charge in [0.05, 0.1) is 25.4 Å². The molecule has 0 spiro atoms. The topological polar surface area (TPSA) is 124 Å². The van der Waals surface area contributed by atoms with Gasteiger partial charge < -0.3 is 25.7 Å². The second kappa shape index (κ2) is 15.5. The molecule has 3 atom stereocenters. The van der Waals surface area contributed by atoms with Crippen molar-refractivity contribution in [3.05, 3.63) is 119 Å². The molecule has 3 aromatic carbocycles. The summed E-state index contributed by atoms with van der Waals surface area (Å²) in [5, 5.41) is 26.7. The number of carboxylic acid groups (broad SMARTS) is 2. The fraction of sp³-hybridized carbons (Fsp3) is 0.341. The van der Waals surface area contributed by atoms with Crippen LogP contribution in [-0.2, 0) is 26.2 Å². The molecule has 0 saturated carbocycles. The Morgan fingerprint density at radius 1 is 1.02 bits per heavy atom. The van der Waals surface area contributed by atoms with Gasteiger partial charge in [0.1, 0.15) is 5.69 Å². The van der Waals surface area contributed by atoms with Gasteiger partial charge in [0, 0.05) is 52.2 Å². The van der Waals surface area contributed by atoms with E-state index in [2.05, 4.69) is 79.6 Å². The fourth-order valence-electron chi connectivity index (χ4n) is 7.67. The summed E-state index contributed by atoms with van der Waals surface area (Å²) in [6.07, 6.45) is 13.9. The number of nitrogens with two attached hydrogens (primary N) is 1. The summed E-state index contributed by atoms with van der Waals surface area (Å²) in [5.74, 6) is -1.64. The standard InChI is InChI=1S/C41H46ClN3O5/c1-27(46)44-31-16-12-28(13-17-31)26-41(4,39-32-10-6-5-9-29(32)14-19-34(39)43-23-20-37(47)48)22-8-7-11-36-40(2,3)33-18-15-30(42)25-35(33)45(36)24-21-38(49)50/h5-19,25,33,35,43H,20-24,26H2,1-4H3,(H,44,46)(H,47,48)(H,49,50)/p+1/b8-7+,36-11+. The van der Waals surface area contributed by atoms with Crippen molar-refractivity contribution < 1.29 is 29.9 Å². The van der Waals surface area contributed by atoms with E-state index in [1.54, 1.807) is 0 Å². The quantitative estimate of drug-likeness (QED) is 0.131. The second-order valence-electron chi connectivity index (χ2n) is 14.2. The highest BCUT2D eigenvalue weighted by atomic mass is 35.5. The highest BCUT2D eigenvalue weighted by Gasteiger charge is 2.48. The number of nitrogens with one attached hydrogen (secondary N) is 1. The van der Waals surface area contributed by atoms with Gasteiger partial charge in [-0.1, -0.05) is 87.0 Å². The number of halogens is 1. The number of benzene rings is 3. The van der Waals surface area contributed by atoms with Crippen LogP contribution >= 0.6 is 11.6 Å². The molecule has 0 radical (unpaired) electrons. The number of fused-ring (bicyclic) bond motifs is 2. The lowest BCUT2D eigenvalue weighted by molar-refractivity contribution is -0.571. The summed E-state index contributed by atoms with van der Waals surface area (Å²) in [7, 11) is 0. The van der Waals surface area contributed by atoms with Crippen molar-refractivity contribution in [1.29, 1.82) is 0 Å². The van der Waals surface area contributed by atoms with E-state index in [1.807, 2.05) is 53.9 Å². The highest BCUT2D eigenvalue weighted by Crippen LogP contribution is 2.51. The van der Waals surface area contributed by atoms with Crippen molar-refractivity contribution in [3.63, 3.8) is 0 Å². The van der Waals surface area contributed by atoms with E-state index >= 15 is 0 Å². The number of nitrogens with zero attached hydrogens (tertiary/aromatic N) is 1. The van der Waals surface area contributed by atoms with E-state index in [0.717, 1.165) is 39.0 Å².